The number of hydrogen-bond acceptors (Lipinski definition) is 4. The van der Waals surface area contributed by atoms with Crippen molar-refractivity contribution in [2.24, 2.45) is 0 Å². The van der Waals surface area contributed by atoms with E-state index in [2.05, 4.69) is 5.32 Å². The van der Waals surface area contributed by atoms with E-state index in [4.69, 9.17) is 14.7 Å². The zero-order valence-electron chi connectivity index (χ0n) is 12.2. The predicted molar refractivity (Wildman–Crippen MR) is 82.0 cm³/mol. The molecular formula is C17H16N2O3. The molecule has 2 rings (SSSR count). The van der Waals surface area contributed by atoms with E-state index in [1.807, 2.05) is 24.3 Å². The lowest BCUT2D eigenvalue weighted by Crippen LogP contribution is -2.28. The van der Waals surface area contributed by atoms with Gasteiger partial charge in [0.2, 0.25) is 0 Å². The topological polar surface area (TPSA) is 71.3 Å². The smallest absolute Gasteiger partial charge is 0.251 e. The number of carbonyl (C=O) groups excluding carboxylic acids is 1. The molecule has 0 aliphatic rings. The normalized spacial score (nSPS) is 9.64. The molecule has 2 aromatic carbocycles. The minimum Gasteiger partial charge on any atom is -0.493 e. The number of ether oxygens (including phenoxy) is 2. The number of rotatable bonds is 6. The molecule has 0 atom stereocenters. The Morgan fingerprint density at radius 2 is 1.82 bits per heavy atom. The van der Waals surface area contributed by atoms with Crippen molar-refractivity contribution >= 4 is 5.91 Å². The molecule has 0 aromatic heterocycles. The Morgan fingerprint density at radius 1 is 1.14 bits per heavy atom. The fourth-order valence-electron chi connectivity index (χ4n) is 1.86. The molecule has 1 N–H and O–H groups in total. The number of hydrogen-bond donors (Lipinski definition) is 1. The summed E-state index contributed by atoms with van der Waals surface area (Å²) in [6.45, 7) is 0.708. The lowest BCUT2D eigenvalue weighted by atomic mass is 10.1. The standard InChI is InChI=1S/C17H16N2O3/c1-21-15-4-2-3-5-16(15)22-11-10-19-17(20)14-8-6-13(12-18)7-9-14/h2-9H,10-11H2,1H3,(H,19,20). The third kappa shape index (κ3) is 4.00. The number of amides is 1. The molecule has 0 unspecified atom stereocenters. The highest BCUT2D eigenvalue weighted by Gasteiger charge is 2.06. The zero-order chi connectivity index (χ0) is 15.8. The summed E-state index contributed by atoms with van der Waals surface area (Å²) < 4.78 is 10.7. The molecule has 0 saturated carbocycles. The highest BCUT2D eigenvalue weighted by molar-refractivity contribution is 5.94. The first-order valence-corrected chi connectivity index (χ1v) is 6.79. The Hall–Kier alpha value is -3.00. The van der Waals surface area contributed by atoms with Crippen LogP contribution < -0.4 is 14.8 Å². The SMILES string of the molecule is COc1ccccc1OCCNC(=O)c1ccc(C#N)cc1. The molecule has 0 heterocycles. The van der Waals surface area contributed by atoms with Crippen molar-refractivity contribution in [3.63, 3.8) is 0 Å². The summed E-state index contributed by atoms with van der Waals surface area (Å²) in [6.07, 6.45) is 0. The van der Waals surface area contributed by atoms with Crippen molar-refractivity contribution in [3.8, 4) is 17.6 Å². The van der Waals surface area contributed by atoms with Crippen LogP contribution >= 0.6 is 0 Å². The summed E-state index contributed by atoms with van der Waals surface area (Å²) in [5, 5.41) is 11.5. The van der Waals surface area contributed by atoms with Gasteiger partial charge in [-0.2, -0.15) is 5.26 Å². The van der Waals surface area contributed by atoms with Gasteiger partial charge in [-0.15, -0.1) is 0 Å². The Balaban J connectivity index is 1.81. The van der Waals surface area contributed by atoms with E-state index in [1.165, 1.54) is 0 Å². The van der Waals surface area contributed by atoms with Gasteiger partial charge in [0.15, 0.2) is 11.5 Å². The van der Waals surface area contributed by atoms with Crippen molar-refractivity contribution in [2.75, 3.05) is 20.3 Å². The minimum absolute atomic E-state index is 0.201. The van der Waals surface area contributed by atoms with Crippen LogP contribution in [0.15, 0.2) is 48.5 Å². The van der Waals surface area contributed by atoms with Gasteiger partial charge < -0.3 is 14.8 Å². The molecule has 0 radical (unpaired) electrons. The van der Waals surface area contributed by atoms with E-state index >= 15 is 0 Å². The summed E-state index contributed by atoms with van der Waals surface area (Å²) in [6, 6.07) is 15.8. The molecule has 0 fully saturated rings. The monoisotopic (exact) mass is 296 g/mol. The maximum absolute atomic E-state index is 11.9. The first-order chi connectivity index (χ1) is 10.7. The van der Waals surface area contributed by atoms with E-state index in [9.17, 15) is 4.79 Å². The van der Waals surface area contributed by atoms with Crippen LogP contribution in [0.25, 0.3) is 0 Å². The van der Waals surface area contributed by atoms with E-state index in [-0.39, 0.29) is 5.91 Å². The number of nitriles is 1. The molecule has 5 heteroatoms. The van der Waals surface area contributed by atoms with Crippen LogP contribution in [0.2, 0.25) is 0 Å². The summed E-state index contributed by atoms with van der Waals surface area (Å²) in [4.78, 5) is 11.9. The van der Waals surface area contributed by atoms with E-state index in [0.717, 1.165) is 0 Å². The predicted octanol–water partition coefficient (Wildman–Crippen LogP) is 2.38. The van der Waals surface area contributed by atoms with Gasteiger partial charge in [0, 0.05) is 5.56 Å². The third-order valence-electron chi connectivity index (χ3n) is 2.99. The second-order valence-electron chi connectivity index (χ2n) is 4.44. The second kappa shape index (κ2) is 7.70. The molecular weight excluding hydrogens is 280 g/mol. The molecule has 22 heavy (non-hydrogen) atoms. The van der Waals surface area contributed by atoms with Gasteiger partial charge in [-0.05, 0) is 36.4 Å². The van der Waals surface area contributed by atoms with Crippen molar-refractivity contribution in [3.05, 3.63) is 59.7 Å². The summed E-state index contributed by atoms with van der Waals surface area (Å²) in [5.41, 5.74) is 1.03. The minimum atomic E-state index is -0.201. The van der Waals surface area contributed by atoms with Crippen molar-refractivity contribution in [1.82, 2.24) is 5.32 Å². The molecule has 0 bridgehead atoms. The maximum Gasteiger partial charge on any atom is 0.251 e. The quantitative estimate of drug-likeness (QED) is 0.831. The molecule has 1 amide bonds. The van der Waals surface area contributed by atoms with Crippen molar-refractivity contribution < 1.29 is 14.3 Å². The molecule has 5 nitrogen and oxygen atoms in total. The Kier molecular flexibility index (Phi) is 5.38. The number of para-hydroxylation sites is 2. The molecule has 0 spiro atoms. The van der Waals surface area contributed by atoms with Crippen LogP contribution in [-0.4, -0.2) is 26.2 Å². The van der Waals surface area contributed by atoms with E-state index < -0.39 is 0 Å². The van der Waals surface area contributed by atoms with Gasteiger partial charge in [0.25, 0.3) is 5.91 Å². The first kappa shape index (κ1) is 15.4. The van der Waals surface area contributed by atoms with Gasteiger partial charge in [-0.1, -0.05) is 12.1 Å². The molecule has 0 saturated heterocycles. The highest BCUT2D eigenvalue weighted by Crippen LogP contribution is 2.25. The fourth-order valence-corrected chi connectivity index (χ4v) is 1.86. The summed E-state index contributed by atoms with van der Waals surface area (Å²) in [5.74, 6) is 1.09. The Morgan fingerprint density at radius 3 is 2.45 bits per heavy atom. The molecule has 2 aromatic rings. The van der Waals surface area contributed by atoms with Crippen LogP contribution in [0.4, 0.5) is 0 Å². The van der Waals surface area contributed by atoms with Gasteiger partial charge in [0.1, 0.15) is 6.61 Å². The highest BCUT2D eigenvalue weighted by atomic mass is 16.5. The summed E-state index contributed by atoms with van der Waals surface area (Å²) in [7, 11) is 1.58. The van der Waals surface area contributed by atoms with E-state index in [1.54, 1.807) is 37.4 Å². The number of methoxy groups -OCH3 is 1. The van der Waals surface area contributed by atoms with E-state index in [0.29, 0.717) is 35.8 Å². The van der Waals surface area contributed by atoms with Crippen LogP contribution in [0.3, 0.4) is 0 Å². The van der Waals surface area contributed by atoms with Gasteiger partial charge in [-0.3, -0.25) is 4.79 Å². The molecule has 112 valence electrons. The van der Waals surface area contributed by atoms with Crippen molar-refractivity contribution in [1.29, 1.82) is 5.26 Å². The van der Waals surface area contributed by atoms with Crippen LogP contribution in [-0.2, 0) is 0 Å². The van der Waals surface area contributed by atoms with Gasteiger partial charge >= 0.3 is 0 Å². The second-order valence-corrected chi connectivity index (χ2v) is 4.44. The average molecular weight is 296 g/mol. The van der Waals surface area contributed by atoms with Crippen LogP contribution in [0.5, 0.6) is 11.5 Å². The number of benzene rings is 2. The number of nitrogens with one attached hydrogen (secondary N) is 1. The number of carbonyl (C=O) groups is 1. The Bertz CT molecular complexity index is 675. The Labute approximate surface area is 129 Å². The first-order valence-electron chi connectivity index (χ1n) is 6.79. The van der Waals surface area contributed by atoms with Crippen LogP contribution in [0.1, 0.15) is 15.9 Å². The van der Waals surface area contributed by atoms with Gasteiger partial charge in [0.05, 0.1) is 25.3 Å². The fraction of sp³-hybridized carbons (Fsp3) is 0.176. The third-order valence-corrected chi connectivity index (χ3v) is 2.99. The largest absolute Gasteiger partial charge is 0.493 e. The van der Waals surface area contributed by atoms with Crippen LogP contribution in [0, 0.1) is 11.3 Å². The number of nitrogens with zero attached hydrogens (tertiary/aromatic N) is 1. The maximum atomic E-state index is 11.9. The van der Waals surface area contributed by atoms with Crippen molar-refractivity contribution in [2.45, 2.75) is 0 Å². The average Bonchev–Trinajstić information content (AvgIpc) is 2.59. The molecule has 0 aliphatic heterocycles. The lowest BCUT2D eigenvalue weighted by Gasteiger charge is -2.10. The van der Waals surface area contributed by atoms with Gasteiger partial charge in [-0.25, -0.2) is 0 Å². The zero-order valence-corrected chi connectivity index (χ0v) is 12.2. The molecule has 0 aliphatic carbocycles. The lowest BCUT2D eigenvalue weighted by molar-refractivity contribution is 0.0947. The summed E-state index contributed by atoms with van der Waals surface area (Å²) >= 11 is 0.